The molecule has 5 atom stereocenters. The Balaban J connectivity index is 1.49. The minimum Gasteiger partial charge on any atom is -0.390 e. The highest BCUT2D eigenvalue weighted by molar-refractivity contribution is 7.74. The van der Waals surface area contributed by atoms with Crippen molar-refractivity contribution in [3.8, 4) is 0 Å². The molecule has 2 aliphatic heterocycles. The van der Waals surface area contributed by atoms with Crippen LogP contribution >= 0.6 is 23.5 Å². The number of nitrogens with two attached hydrogens (primary N) is 1. The molecule has 2 fully saturated rings. The highest BCUT2D eigenvalue weighted by atomic mass is 31.3. The van der Waals surface area contributed by atoms with E-state index in [4.69, 9.17) is 15.0 Å². The van der Waals surface area contributed by atoms with Crippen LogP contribution in [-0.2, 0) is 35.9 Å². The topological polar surface area (TPSA) is 248 Å². The molecule has 2 saturated heterocycles. The number of nitrogens with one attached hydrogen (secondary N) is 1. The Kier molecular flexibility index (Phi) is 5.28. The van der Waals surface area contributed by atoms with E-state index < -0.39 is 54.1 Å². The number of ether oxygens (including phenoxy) is 1. The summed E-state index contributed by atoms with van der Waals surface area (Å²) in [5, 5.41) is 10.2. The van der Waals surface area contributed by atoms with Crippen molar-refractivity contribution >= 4 is 40.6 Å². The van der Waals surface area contributed by atoms with Gasteiger partial charge in [-0.25, -0.2) is 18.7 Å². The molecule has 20 heteroatoms. The number of H-pyrrole nitrogens is 1. The molecule has 0 aliphatic carbocycles. The van der Waals surface area contributed by atoms with E-state index in [0.29, 0.717) is 0 Å². The number of nitrogen functional groups attached to an aromatic ring is 1. The summed E-state index contributed by atoms with van der Waals surface area (Å²) < 4.78 is 58.8. The van der Waals surface area contributed by atoms with Gasteiger partial charge in [0.15, 0.2) is 11.2 Å². The summed E-state index contributed by atoms with van der Waals surface area (Å²) in [5.74, 6) is -0.165. The second-order valence-corrected chi connectivity index (χ2v) is 11.1. The van der Waals surface area contributed by atoms with Gasteiger partial charge in [-0.3, -0.25) is 18.9 Å². The molecule has 2 unspecified atom stereocenters. The Labute approximate surface area is 165 Å². The summed E-state index contributed by atoms with van der Waals surface area (Å²) in [7, 11) is -15.4. The third-order valence-electron chi connectivity index (χ3n) is 3.97. The molecule has 0 bridgehead atoms. The van der Waals surface area contributed by atoms with E-state index in [-0.39, 0.29) is 23.5 Å². The number of aliphatic hydroxyl groups is 1. The first kappa shape index (κ1) is 21.7. The monoisotopic (exact) mass is 489 g/mol. The molecular weight excluding hydrogens is 475 g/mol. The number of aliphatic hydroxyl groups excluding tert-OH is 1. The molecule has 2 aromatic heterocycles. The molecule has 2 aromatic rings. The van der Waals surface area contributed by atoms with E-state index in [2.05, 4.69) is 27.9 Å². The van der Waals surface area contributed by atoms with E-state index in [1.165, 1.54) is 10.9 Å². The van der Waals surface area contributed by atoms with E-state index in [1.807, 2.05) is 0 Å². The second kappa shape index (κ2) is 7.29. The Morgan fingerprint density at radius 2 is 1.93 bits per heavy atom. The molecule has 4 heterocycles. The number of anilines is 1. The summed E-state index contributed by atoms with van der Waals surface area (Å²) in [6, 6.07) is 0. The molecule has 0 radical (unpaired) electrons. The predicted octanol–water partition coefficient (Wildman–Crippen LogP) is -0.261. The van der Waals surface area contributed by atoms with Crippen LogP contribution in [0.1, 0.15) is 12.6 Å². The zero-order valence-electron chi connectivity index (χ0n) is 14.5. The Bertz CT molecular complexity index is 1170. The van der Waals surface area contributed by atoms with Crippen molar-refractivity contribution in [2.24, 2.45) is 0 Å². The van der Waals surface area contributed by atoms with Crippen LogP contribution < -0.4 is 11.3 Å². The number of nitrogens with zero attached hydrogens (tertiary/aromatic N) is 3. The molecule has 166 valence electrons. The van der Waals surface area contributed by atoms with Crippen molar-refractivity contribution in [3.63, 3.8) is 0 Å². The molecular formula is C10H14N5O12P3. The molecule has 0 amide bonds. The molecule has 0 aromatic carbocycles. The summed E-state index contributed by atoms with van der Waals surface area (Å²) >= 11 is 0. The van der Waals surface area contributed by atoms with Gasteiger partial charge in [0.05, 0.1) is 19.0 Å². The van der Waals surface area contributed by atoms with Gasteiger partial charge in [0, 0.05) is 6.42 Å². The summed E-state index contributed by atoms with van der Waals surface area (Å²) in [6.45, 7) is -0.724. The minimum absolute atomic E-state index is 0.0205. The van der Waals surface area contributed by atoms with Gasteiger partial charge in [0.25, 0.3) is 5.56 Å². The van der Waals surface area contributed by atoms with E-state index >= 15 is 0 Å². The highest BCUT2D eigenvalue weighted by Gasteiger charge is 2.54. The minimum atomic E-state index is -5.19. The van der Waals surface area contributed by atoms with Crippen LogP contribution in [0.2, 0.25) is 0 Å². The standard InChI is InChI=1S/C10H14N5O12P3/c11-10-13-8-7(9(17)14-10)12-3-15(8)6-1-4(16)5(24-6)2-23-30(22)26-28(18,19)25-29(20,21)27-30/h3-6,16H,1-2H2,(H,18,19)(H,20,21)(H3,11,13,14,17)/t4-,5+,6+/m0/s1. The zero-order chi connectivity index (χ0) is 21.9. The third kappa shape index (κ3) is 4.28. The maximum atomic E-state index is 12.3. The Hall–Kier alpha value is -1.48. The first-order valence-electron chi connectivity index (χ1n) is 7.96. The smallest absolute Gasteiger partial charge is 0.390 e. The van der Waals surface area contributed by atoms with Crippen LogP contribution in [0.25, 0.3) is 11.2 Å². The number of rotatable bonds is 4. The number of hydrogen-bond donors (Lipinski definition) is 5. The van der Waals surface area contributed by atoms with Crippen LogP contribution in [0, 0.1) is 0 Å². The Morgan fingerprint density at radius 3 is 2.60 bits per heavy atom. The lowest BCUT2D eigenvalue weighted by atomic mass is 10.2. The van der Waals surface area contributed by atoms with Crippen LogP contribution in [0.15, 0.2) is 11.1 Å². The number of aromatic nitrogens is 4. The lowest BCUT2D eigenvalue weighted by Gasteiger charge is -2.27. The fourth-order valence-electron chi connectivity index (χ4n) is 2.83. The molecule has 0 spiro atoms. The van der Waals surface area contributed by atoms with Gasteiger partial charge < -0.3 is 25.4 Å². The van der Waals surface area contributed by atoms with Gasteiger partial charge in [-0.2, -0.15) is 17.9 Å². The molecule has 6 N–H and O–H groups in total. The van der Waals surface area contributed by atoms with Crippen LogP contribution in [0.4, 0.5) is 5.95 Å². The molecule has 17 nitrogen and oxygen atoms in total. The summed E-state index contributed by atoms with van der Waals surface area (Å²) in [4.78, 5) is 40.4. The normalized spacial score (nSPS) is 39.5. The number of phosphoric acid groups is 3. The highest BCUT2D eigenvalue weighted by Crippen LogP contribution is 2.80. The van der Waals surface area contributed by atoms with Crippen LogP contribution in [0.5, 0.6) is 0 Å². The fraction of sp³-hybridized carbons (Fsp3) is 0.500. The Morgan fingerprint density at radius 1 is 1.27 bits per heavy atom. The molecule has 4 rings (SSSR count). The van der Waals surface area contributed by atoms with Crippen molar-refractivity contribution < 1.29 is 50.8 Å². The quantitative estimate of drug-likeness (QED) is 0.347. The maximum absolute atomic E-state index is 12.3. The SMILES string of the molecule is Nc1nc2c(ncn2[C@H]2C[C@H](O)[C@@H](COP3(=O)OP(=O)(O)OP(=O)(O)O3)O2)c(=O)[nH]1. The van der Waals surface area contributed by atoms with E-state index in [1.54, 1.807) is 0 Å². The van der Waals surface area contributed by atoms with Gasteiger partial charge in [-0.05, 0) is 0 Å². The second-order valence-electron chi connectivity index (χ2n) is 6.13. The fourth-order valence-corrected chi connectivity index (χ4v) is 7.76. The number of fused-ring (bicyclic) bond motifs is 1. The lowest BCUT2D eigenvalue weighted by Crippen LogP contribution is -2.26. The average molecular weight is 489 g/mol. The first-order chi connectivity index (χ1) is 13.9. The van der Waals surface area contributed by atoms with Crippen molar-refractivity contribution in [1.29, 1.82) is 0 Å². The maximum Gasteiger partial charge on any atom is 0.492 e. The first-order valence-corrected chi connectivity index (χ1v) is 12.4. The molecule has 2 aliphatic rings. The molecule has 0 saturated carbocycles. The van der Waals surface area contributed by atoms with Crippen molar-refractivity contribution in [1.82, 2.24) is 19.5 Å². The van der Waals surface area contributed by atoms with Gasteiger partial charge >= 0.3 is 23.5 Å². The predicted molar refractivity (Wildman–Crippen MR) is 93.6 cm³/mol. The summed E-state index contributed by atoms with van der Waals surface area (Å²) in [6.07, 6.45) is -2.08. The van der Waals surface area contributed by atoms with Gasteiger partial charge in [-0.1, -0.05) is 0 Å². The number of hydrogen-bond acceptors (Lipinski definition) is 13. The van der Waals surface area contributed by atoms with Crippen LogP contribution in [-0.4, -0.2) is 53.2 Å². The van der Waals surface area contributed by atoms with Crippen molar-refractivity contribution in [2.75, 3.05) is 12.3 Å². The largest absolute Gasteiger partial charge is 0.492 e. The van der Waals surface area contributed by atoms with E-state index in [9.17, 15) is 33.4 Å². The van der Waals surface area contributed by atoms with Gasteiger partial charge in [-0.15, -0.1) is 0 Å². The number of imidazole rings is 1. The lowest BCUT2D eigenvalue weighted by molar-refractivity contribution is -0.0428. The van der Waals surface area contributed by atoms with Crippen LogP contribution in [0.3, 0.4) is 0 Å². The summed E-state index contributed by atoms with van der Waals surface area (Å²) in [5.41, 5.74) is 5.01. The number of aromatic amines is 1. The average Bonchev–Trinajstić information content (AvgIpc) is 3.13. The van der Waals surface area contributed by atoms with Crippen molar-refractivity contribution in [2.45, 2.75) is 24.9 Å². The van der Waals surface area contributed by atoms with E-state index in [0.717, 1.165) is 0 Å². The van der Waals surface area contributed by atoms with Gasteiger partial charge in [0.1, 0.15) is 12.3 Å². The molecule has 30 heavy (non-hydrogen) atoms. The third-order valence-corrected chi connectivity index (χ3v) is 9.34. The van der Waals surface area contributed by atoms with Gasteiger partial charge in [0.2, 0.25) is 5.95 Å². The zero-order valence-corrected chi connectivity index (χ0v) is 17.2. The van der Waals surface area contributed by atoms with Crippen molar-refractivity contribution in [3.05, 3.63) is 16.7 Å².